The number of nitrogens with zero attached hydrogens (tertiary/aromatic N) is 2. The fourth-order valence-electron chi connectivity index (χ4n) is 4.31. The van der Waals surface area contributed by atoms with E-state index in [4.69, 9.17) is 0 Å². The van der Waals surface area contributed by atoms with Crippen LogP contribution in [-0.4, -0.2) is 27.5 Å². The van der Waals surface area contributed by atoms with Crippen molar-refractivity contribution in [3.05, 3.63) is 115 Å². The summed E-state index contributed by atoms with van der Waals surface area (Å²) in [6.07, 6.45) is 3.72. The average molecular weight is 482 g/mol. The van der Waals surface area contributed by atoms with Crippen molar-refractivity contribution >= 4 is 40.2 Å². The second-order valence-electron chi connectivity index (χ2n) is 8.18. The van der Waals surface area contributed by atoms with Crippen LogP contribution < -0.4 is 21.0 Å². The number of nitrogens with one attached hydrogen (secondary N) is 1. The van der Waals surface area contributed by atoms with E-state index in [1.54, 1.807) is 12.1 Å². The van der Waals surface area contributed by atoms with Crippen LogP contribution in [0.25, 0.3) is 11.0 Å². The molecular formula is C29H28N3O2P. The first kappa shape index (κ1) is 24.3. The Kier molecular flexibility index (Phi) is 8.02. The second kappa shape index (κ2) is 11.5. The van der Waals surface area contributed by atoms with Crippen LogP contribution in [0.4, 0.5) is 0 Å². The zero-order chi connectivity index (χ0) is 24.5. The van der Waals surface area contributed by atoms with Gasteiger partial charge in [-0.3, -0.25) is 0 Å². The predicted octanol–water partition coefficient (Wildman–Crippen LogP) is 4.10. The fraction of sp³-hybridized carbons (Fsp3) is 0.138. The van der Waals surface area contributed by atoms with Gasteiger partial charge in [-0.25, -0.2) is 0 Å². The largest absolute Gasteiger partial charge is 0.545 e. The van der Waals surface area contributed by atoms with Crippen molar-refractivity contribution in [1.29, 1.82) is 0 Å². The molecule has 1 N–H and O–H groups in total. The standard InChI is InChI=1S/C22H24P.C7H5N3O2/c1-2-3-19-23(20-13-7-4-8-14-20,21-15-9-5-10-16-21)22-17-11-6-12-18-22;11-7(12)4-2-1-3-5-6(4)9-10-8-5/h4-18H,2-3,19H2,1H3;1-3H,(H,11,12)(H,8,9,10)/q+1;/p-1. The lowest BCUT2D eigenvalue weighted by Gasteiger charge is -2.27. The number of H-pyrrole nitrogens is 1. The minimum Gasteiger partial charge on any atom is -0.545 e. The van der Waals surface area contributed by atoms with Gasteiger partial charge < -0.3 is 9.90 Å². The van der Waals surface area contributed by atoms with E-state index in [0.29, 0.717) is 11.0 Å². The average Bonchev–Trinajstić information content (AvgIpc) is 3.40. The number of para-hydroxylation sites is 1. The van der Waals surface area contributed by atoms with Gasteiger partial charge in [-0.2, -0.15) is 15.4 Å². The van der Waals surface area contributed by atoms with Crippen molar-refractivity contribution < 1.29 is 9.90 Å². The summed E-state index contributed by atoms with van der Waals surface area (Å²) in [4.78, 5) is 10.5. The van der Waals surface area contributed by atoms with Gasteiger partial charge in [0, 0.05) is 5.56 Å². The molecule has 0 aliphatic rings. The highest BCUT2D eigenvalue weighted by Crippen LogP contribution is 2.55. The van der Waals surface area contributed by atoms with Crippen molar-refractivity contribution in [3.8, 4) is 0 Å². The number of rotatable bonds is 7. The van der Waals surface area contributed by atoms with Crippen LogP contribution in [0.2, 0.25) is 0 Å². The monoisotopic (exact) mass is 481 g/mol. The number of hydrogen-bond donors (Lipinski definition) is 1. The molecule has 0 fully saturated rings. The van der Waals surface area contributed by atoms with Crippen molar-refractivity contribution in [2.24, 2.45) is 0 Å². The maximum absolute atomic E-state index is 10.5. The zero-order valence-corrected chi connectivity index (χ0v) is 20.6. The molecule has 0 aliphatic carbocycles. The Bertz CT molecular complexity index is 1260. The predicted molar refractivity (Wildman–Crippen MR) is 143 cm³/mol. The topological polar surface area (TPSA) is 81.7 Å². The molecule has 35 heavy (non-hydrogen) atoms. The smallest absolute Gasteiger partial charge is 0.122 e. The maximum Gasteiger partial charge on any atom is 0.122 e. The lowest BCUT2D eigenvalue weighted by molar-refractivity contribution is -0.254. The summed E-state index contributed by atoms with van der Waals surface area (Å²) in [7, 11) is -1.57. The molecule has 0 unspecified atom stereocenters. The Hall–Kier alpha value is -3.82. The van der Waals surface area contributed by atoms with Gasteiger partial charge in [0.2, 0.25) is 0 Å². The van der Waals surface area contributed by atoms with Gasteiger partial charge in [0.05, 0.1) is 12.1 Å². The Morgan fingerprint density at radius 3 is 1.71 bits per heavy atom. The van der Waals surface area contributed by atoms with E-state index in [0.717, 1.165) is 0 Å². The molecule has 0 spiro atoms. The number of fused-ring (bicyclic) bond motifs is 1. The van der Waals surface area contributed by atoms with Crippen LogP contribution in [0, 0.1) is 0 Å². The Labute approximate surface area is 206 Å². The molecule has 1 heterocycles. The zero-order valence-electron chi connectivity index (χ0n) is 19.7. The summed E-state index contributed by atoms with van der Waals surface area (Å²) in [6, 6.07) is 38.1. The van der Waals surface area contributed by atoms with E-state index in [9.17, 15) is 9.90 Å². The maximum atomic E-state index is 10.5. The highest BCUT2D eigenvalue weighted by molar-refractivity contribution is 7.95. The molecule has 5 rings (SSSR count). The molecule has 0 saturated heterocycles. The van der Waals surface area contributed by atoms with E-state index in [2.05, 4.69) is 113 Å². The molecule has 0 radical (unpaired) electrons. The molecule has 6 heteroatoms. The van der Waals surface area contributed by atoms with Gasteiger partial charge in [-0.15, -0.1) is 0 Å². The summed E-state index contributed by atoms with van der Waals surface area (Å²) in [5.41, 5.74) is 0.912. The van der Waals surface area contributed by atoms with E-state index in [1.165, 1.54) is 41.0 Å². The molecule has 5 aromatic rings. The van der Waals surface area contributed by atoms with Crippen LogP contribution in [0.5, 0.6) is 0 Å². The van der Waals surface area contributed by atoms with Crippen LogP contribution in [0.15, 0.2) is 109 Å². The number of carbonyl (C=O) groups excluding carboxylic acids is 1. The number of carbonyl (C=O) groups is 1. The normalized spacial score (nSPS) is 11.0. The number of hydrogen-bond acceptors (Lipinski definition) is 4. The molecule has 1 aromatic heterocycles. The minimum absolute atomic E-state index is 0.0567. The third-order valence-electron chi connectivity index (χ3n) is 6.00. The van der Waals surface area contributed by atoms with E-state index >= 15 is 0 Å². The first-order chi connectivity index (χ1) is 17.2. The van der Waals surface area contributed by atoms with Gasteiger partial charge >= 0.3 is 0 Å². The second-order valence-corrected chi connectivity index (χ2v) is 11.8. The molecule has 5 nitrogen and oxygen atoms in total. The fourth-order valence-corrected chi connectivity index (χ4v) is 8.81. The highest BCUT2D eigenvalue weighted by Gasteiger charge is 2.44. The molecule has 0 saturated carbocycles. The van der Waals surface area contributed by atoms with Gasteiger partial charge in [-0.1, -0.05) is 80.1 Å². The third-order valence-corrected chi connectivity index (χ3v) is 10.5. The summed E-state index contributed by atoms with van der Waals surface area (Å²) < 4.78 is 0. The lowest BCUT2D eigenvalue weighted by atomic mass is 10.2. The SMILES string of the molecule is CCCC[P+](c1ccccc1)(c1ccccc1)c1ccccc1.O=C([O-])c1cccc2n[nH]nc12. The molecular weight excluding hydrogens is 453 g/mol. The summed E-state index contributed by atoms with van der Waals surface area (Å²) in [6.45, 7) is 2.29. The summed E-state index contributed by atoms with van der Waals surface area (Å²) in [5.74, 6) is -1.24. The van der Waals surface area contributed by atoms with Crippen molar-refractivity contribution in [1.82, 2.24) is 15.4 Å². The van der Waals surface area contributed by atoms with Gasteiger partial charge in [0.15, 0.2) is 0 Å². The lowest BCUT2D eigenvalue weighted by Crippen LogP contribution is -2.33. The van der Waals surface area contributed by atoms with Crippen molar-refractivity contribution in [2.45, 2.75) is 19.8 Å². The molecule has 176 valence electrons. The van der Waals surface area contributed by atoms with E-state index in [1.807, 2.05) is 0 Å². The number of carboxylic acids is 1. The Morgan fingerprint density at radius 2 is 1.26 bits per heavy atom. The number of unbranched alkanes of at least 4 members (excludes halogenated alkanes) is 1. The van der Waals surface area contributed by atoms with Gasteiger partial charge in [0.1, 0.15) is 34.2 Å². The van der Waals surface area contributed by atoms with Crippen molar-refractivity contribution in [2.75, 3.05) is 6.16 Å². The van der Waals surface area contributed by atoms with Crippen LogP contribution in [0.1, 0.15) is 30.1 Å². The number of aromatic nitrogens is 3. The van der Waals surface area contributed by atoms with Gasteiger partial charge in [-0.05, 0) is 48.9 Å². The molecule has 0 atom stereocenters. The van der Waals surface area contributed by atoms with E-state index < -0.39 is 13.2 Å². The number of carboxylic acid groups (broad SMARTS) is 1. The van der Waals surface area contributed by atoms with E-state index in [-0.39, 0.29) is 5.56 Å². The Morgan fingerprint density at radius 1 is 0.743 bits per heavy atom. The van der Waals surface area contributed by atoms with Crippen LogP contribution >= 0.6 is 7.26 Å². The van der Waals surface area contributed by atoms with Gasteiger partial charge in [0.25, 0.3) is 0 Å². The first-order valence-electron chi connectivity index (χ1n) is 11.7. The van der Waals surface area contributed by atoms with Crippen LogP contribution in [-0.2, 0) is 0 Å². The summed E-state index contributed by atoms with van der Waals surface area (Å²) >= 11 is 0. The van der Waals surface area contributed by atoms with Crippen molar-refractivity contribution in [3.63, 3.8) is 0 Å². The Balaban J connectivity index is 0.000000201. The molecule has 0 aliphatic heterocycles. The third kappa shape index (κ3) is 5.31. The number of aromatic amines is 1. The quantitative estimate of drug-likeness (QED) is 0.355. The molecule has 4 aromatic carbocycles. The van der Waals surface area contributed by atoms with Crippen LogP contribution in [0.3, 0.4) is 0 Å². The summed E-state index contributed by atoms with van der Waals surface area (Å²) in [5, 5.41) is 24.8. The first-order valence-corrected chi connectivity index (χ1v) is 13.7. The molecule has 0 amide bonds. The highest BCUT2D eigenvalue weighted by atomic mass is 31.2. The molecule has 0 bridgehead atoms. The minimum atomic E-state index is -1.57. The number of aromatic carboxylic acids is 1. The number of benzene rings is 4.